The summed E-state index contributed by atoms with van der Waals surface area (Å²) in [5.74, 6) is -1.62. The molecule has 3 aliphatic heterocycles. The van der Waals surface area contributed by atoms with Crippen molar-refractivity contribution in [2.24, 2.45) is 17.8 Å². The second-order valence-electron chi connectivity index (χ2n) is 15.4. The number of benzene rings is 1. The van der Waals surface area contributed by atoms with Gasteiger partial charge in [0.2, 0.25) is 0 Å². The molecule has 8 rings (SSSR count). The zero-order valence-electron chi connectivity index (χ0n) is 28.2. The van der Waals surface area contributed by atoms with E-state index in [-0.39, 0.29) is 41.1 Å². The van der Waals surface area contributed by atoms with E-state index in [0.717, 1.165) is 11.1 Å². The van der Waals surface area contributed by atoms with Crippen molar-refractivity contribution in [1.29, 1.82) is 0 Å². The van der Waals surface area contributed by atoms with Crippen LogP contribution >= 0.6 is 0 Å². The Balaban J connectivity index is 1.52. The number of fused-ring (bicyclic) bond motifs is 5. The van der Waals surface area contributed by atoms with Gasteiger partial charge in [0.1, 0.15) is 40.3 Å². The number of ether oxygens (including phenoxy) is 4. The Morgan fingerprint density at radius 1 is 1.11 bits per heavy atom. The number of phenols is 1. The number of allylic oxidation sites excluding steroid dienone is 5. The number of hydrogen-bond donors (Lipinski definition) is 2. The van der Waals surface area contributed by atoms with Crippen LogP contribution in [0.1, 0.15) is 102 Å². The molecule has 7 aliphatic rings. The number of aliphatic hydroxyl groups is 1. The van der Waals surface area contributed by atoms with Crippen LogP contribution in [0.5, 0.6) is 17.2 Å². The lowest BCUT2D eigenvalue weighted by atomic mass is 9.51. The first-order chi connectivity index (χ1) is 22.0. The fraction of sp³-hybridized carbons (Fsp3) is 0.553. The molecule has 6 bridgehead atoms. The maximum atomic E-state index is 15.0. The molecule has 1 spiro atoms. The minimum absolute atomic E-state index is 0.0191. The Hall–Kier alpha value is -3.69. The second-order valence-corrected chi connectivity index (χ2v) is 15.4. The summed E-state index contributed by atoms with van der Waals surface area (Å²) >= 11 is 0. The van der Waals surface area contributed by atoms with Gasteiger partial charge in [-0.1, -0.05) is 29.9 Å². The van der Waals surface area contributed by atoms with Gasteiger partial charge in [0.05, 0.1) is 5.60 Å². The molecule has 3 fully saturated rings. The van der Waals surface area contributed by atoms with E-state index in [1.807, 2.05) is 47.6 Å². The van der Waals surface area contributed by atoms with Gasteiger partial charge in [-0.05, 0) is 86.1 Å². The largest absolute Gasteiger partial charge is 0.507 e. The topological polar surface area (TPSA) is 129 Å². The highest BCUT2D eigenvalue weighted by atomic mass is 16.6. The average molecular weight is 645 g/mol. The van der Waals surface area contributed by atoms with Crippen LogP contribution in [0.4, 0.5) is 0 Å². The molecule has 4 aliphatic carbocycles. The smallest absolute Gasteiger partial charge is 0.298 e. The van der Waals surface area contributed by atoms with E-state index in [9.17, 15) is 24.6 Å². The van der Waals surface area contributed by atoms with Gasteiger partial charge in [-0.2, -0.15) is 0 Å². The first-order valence-corrected chi connectivity index (χ1v) is 16.6. The van der Waals surface area contributed by atoms with E-state index in [0.29, 0.717) is 60.4 Å². The summed E-state index contributed by atoms with van der Waals surface area (Å²) in [6.45, 7) is 17.8. The maximum absolute atomic E-state index is 15.0. The number of Topliss-reactive ketones (excluding diaryl/α,β-unsaturated/α-hetero) is 2. The third-order valence-electron chi connectivity index (χ3n) is 11.9. The van der Waals surface area contributed by atoms with Gasteiger partial charge in [0, 0.05) is 40.9 Å². The Morgan fingerprint density at radius 3 is 2.49 bits per heavy atom. The quantitative estimate of drug-likeness (QED) is 0.210. The predicted octanol–water partition coefficient (Wildman–Crippen LogP) is 5.96. The van der Waals surface area contributed by atoms with Crippen molar-refractivity contribution in [1.82, 2.24) is 0 Å². The predicted molar refractivity (Wildman–Crippen MR) is 172 cm³/mol. The fourth-order valence-electron chi connectivity index (χ4n) is 9.67. The van der Waals surface area contributed by atoms with Crippen molar-refractivity contribution >= 4 is 18.0 Å². The van der Waals surface area contributed by atoms with Crippen LogP contribution in [0.3, 0.4) is 0 Å². The molecule has 0 aromatic heterocycles. The fourth-order valence-corrected chi connectivity index (χ4v) is 9.67. The SMILES string of the molecule is C=C(C)C1CC[C@@]2(C)Oc3c(CC=C(C)C)c4c(c(O)c3[C@@H]1C2O)C(=O)C1=CC2CC3C(C)(C)O[C@@](C/C=C(/C)OC=O)(C2=O)[C@@]13O4. The zero-order chi connectivity index (χ0) is 34.0. The molecule has 0 amide bonds. The molecule has 2 N–H and O–H groups in total. The zero-order valence-corrected chi connectivity index (χ0v) is 28.2. The Bertz CT molecular complexity index is 1740. The first-order valence-electron chi connectivity index (χ1n) is 16.6. The molecule has 1 saturated heterocycles. The standard InChI is InChI=1S/C38H44O9/c1-18(2)9-10-23-31-27(26-22(19(3)4)12-13-36(8,45-31)34(26)43)30(41)28-29(40)24-15-21-16-25-35(6,7)47-37(33(21)42,14-11-20(5)44-17-39)38(24,25)46-32(23)28/h9,11,15,17,21-22,25-26,34,41,43H,3,10,12-14,16H2,1-2,4-8H3/b20-11-/t21?,22?,25?,26-,34?,36-,37+,38-/m1/s1. The van der Waals surface area contributed by atoms with Crippen LogP contribution in [0.15, 0.2) is 47.3 Å². The molecule has 0 radical (unpaired) electrons. The summed E-state index contributed by atoms with van der Waals surface area (Å²) in [5, 5.41) is 23.9. The van der Waals surface area contributed by atoms with Crippen LogP contribution in [0, 0.1) is 17.8 Å². The van der Waals surface area contributed by atoms with Crippen molar-refractivity contribution in [2.75, 3.05) is 0 Å². The van der Waals surface area contributed by atoms with Crippen molar-refractivity contribution in [3.05, 3.63) is 64.0 Å². The number of hydrogen-bond acceptors (Lipinski definition) is 9. The highest BCUT2D eigenvalue weighted by Gasteiger charge is 2.81. The number of phenolic OH excluding ortho intramolecular Hbond substituents is 1. The van der Waals surface area contributed by atoms with E-state index in [1.54, 1.807) is 19.1 Å². The van der Waals surface area contributed by atoms with Crippen LogP contribution in [0.2, 0.25) is 0 Å². The van der Waals surface area contributed by atoms with Gasteiger partial charge in [0.15, 0.2) is 22.8 Å². The molecule has 9 nitrogen and oxygen atoms in total. The summed E-state index contributed by atoms with van der Waals surface area (Å²) in [7, 11) is 0. The normalized spacial score (nSPS) is 37.1. The average Bonchev–Trinajstić information content (AvgIpc) is 3.14. The van der Waals surface area contributed by atoms with Gasteiger partial charge in [-0.25, -0.2) is 0 Å². The lowest BCUT2D eigenvalue weighted by Crippen LogP contribution is -2.72. The van der Waals surface area contributed by atoms with Gasteiger partial charge in [-0.3, -0.25) is 14.4 Å². The van der Waals surface area contributed by atoms with Crippen molar-refractivity contribution in [3.63, 3.8) is 0 Å². The molecule has 1 aromatic carbocycles. The van der Waals surface area contributed by atoms with Crippen molar-refractivity contribution in [2.45, 2.75) is 115 Å². The number of aromatic hydroxyl groups is 1. The lowest BCUT2D eigenvalue weighted by molar-refractivity contribution is -0.171. The minimum Gasteiger partial charge on any atom is -0.507 e. The Kier molecular flexibility index (Phi) is 6.89. The van der Waals surface area contributed by atoms with Crippen LogP contribution in [-0.4, -0.2) is 56.8 Å². The van der Waals surface area contributed by atoms with Crippen LogP contribution < -0.4 is 9.47 Å². The minimum atomic E-state index is -1.58. The third-order valence-corrected chi connectivity index (χ3v) is 11.9. The molecule has 2 saturated carbocycles. The summed E-state index contributed by atoms with van der Waals surface area (Å²) in [4.78, 5) is 40.5. The molecule has 9 heteroatoms. The van der Waals surface area contributed by atoms with E-state index in [2.05, 4.69) is 6.58 Å². The Labute approximate surface area is 275 Å². The number of aliphatic hydroxyl groups excluding tert-OH is 1. The number of carbonyl (C=O) groups excluding carboxylic acids is 3. The van der Waals surface area contributed by atoms with Gasteiger partial charge >= 0.3 is 0 Å². The molecular weight excluding hydrogens is 600 g/mol. The number of ketones is 2. The molecule has 4 unspecified atom stereocenters. The molecule has 250 valence electrons. The summed E-state index contributed by atoms with van der Waals surface area (Å²) < 4.78 is 25.8. The maximum Gasteiger partial charge on any atom is 0.298 e. The van der Waals surface area contributed by atoms with Crippen molar-refractivity contribution < 1.29 is 43.5 Å². The molecule has 47 heavy (non-hydrogen) atoms. The van der Waals surface area contributed by atoms with Crippen LogP contribution in [-0.2, 0) is 25.5 Å². The Morgan fingerprint density at radius 2 is 1.83 bits per heavy atom. The van der Waals surface area contributed by atoms with Gasteiger partial charge in [0.25, 0.3) is 6.47 Å². The number of carbonyl (C=O) groups is 3. The van der Waals surface area contributed by atoms with E-state index >= 15 is 0 Å². The summed E-state index contributed by atoms with van der Waals surface area (Å²) in [6, 6.07) is 0. The lowest BCUT2D eigenvalue weighted by Gasteiger charge is -2.57. The molecular formula is C38H44O9. The van der Waals surface area contributed by atoms with Crippen LogP contribution in [0.25, 0.3) is 0 Å². The second kappa shape index (κ2) is 10.2. The summed E-state index contributed by atoms with van der Waals surface area (Å²) in [5.41, 5.74) is -1.64. The highest BCUT2D eigenvalue weighted by Crippen LogP contribution is 2.69. The number of rotatable bonds is 7. The molecule has 8 atom stereocenters. The summed E-state index contributed by atoms with van der Waals surface area (Å²) in [6.07, 6.45) is 6.51. The van der Waals surface area contributed by atoms with Gasteiger partial charge in [-0.15, -0.1) is 0 Å². The molecule has 3 heterocycles. The highest BCUT2D eigenvalue weighted by molar-refractivity contribution is 6.18. The molecule has 1 aromatic rings. The van der Waals surface area contributed by atoms with Crippen molar-refractivity contribution in [3.8, 4) is 17.2 Å². The monoisotopic (exact) mass is 644 g/mol. The van der Waals surface area contributed by atoms with E-state index < -0.39 is 46.1 Å². The first kappa shape index (κ1) is 31.9. The third kappa shape index (κ3) is 3.99. The van der Waals surface area contributed by atoms with Gasteiger partial charge < -0.3 is 29.2 Å². The van der Waals surface area contributed by atoms with E-state index in [4.69, 9.17) is 18.9 Å². The van der Waals surface area contributed by atoms with E-state index in [1.165, 1.54) is 0 Å².